The quantitative estimate of drug-likeness (QED) is 0.0414. The molecular weight excluding hydrogens is 863 g/mol. The molecule has 1 rings (SSSR count). The summed E-state index contributed by atoms with van der Waals surface area (Å²) in [6.07, 6.45) is 25.6. The molecular formula is C50H89N5O12. The number of unbranched alkanes of at least 4 members (excludes halogenated alkanes) is 14. The lowest BCUT2D eigenvalue weighted by atomic mass is 9.87. The van der Waals surface area contributed by atoms with Crippen LogP contribution in [-0.2, 0) is 58.9 Å². The molecule has 1 aromatic rings. The lowest BCUT2D eigenvalue weighted by Gasteiger charge is -2.17. The van der Waals surface area contributed by atoms with E-state index in [0.29, 0.717) is 77.4 Å². The summed E-state index contributed by atoms with van der Waals surface area (Å²) in [4.78, 5) is 89.0. The minimum absolute atomic E-state index is 0.0179. The molecule has 0 bridgehead atoms. The third-order valence-corrected chi connectivity index (χ3v) is 10.9. The fourth-order valence-corrected chi connectivity index (χ4v) is 7.07. The summed E-state index contributed by atoms with van der Waals surface area (Å²) < 4.78 is 20.9. The Labute approximate surface area is 401 Å². The van der Waals surface area contributed by atoms with Crippen LogP contribution in [0.2, 0.25) is 0 Å². The zero-order valence-corrected chi connectivity index (χ0v) is 41.5. The monoisotopic (exact) mass is 952 g/mol. The zero-order chi connectivity index (χ0) is 49.6. The first-order valence-corrected chi connectivity index (χ1v) is 25.2. The van der Waals surface area contributed by atoms with Gasteiger partial charge in [-0.3, -0.25) is 28.8 Å². The Morgan fingerprint density at radius 2 is 1.16 bits per heavy atom. The Kier molecular flexibility index (Phi) is 43.2. The number of aliphatic carboxylic acids is 1. The molecule has 6 N–H and O–H groups in total. The number of nitrogens with two attached hydrogens (primary N) is 1. The number of H-pyrrole nitrogens is 1. The molecule has 2 amide bonds. The van der Waals surface area contributed by atoms with Gasteiger partial charge < -0.3 is 50.2 Å². The van der Waals surface area contributed by atoms with Crippen LogP contribution in [-0.4, -0.2) is 128 Å². The standard InChI is InChI=1S/C29H49N5O9.C21H40O3/c1-3-40-12-14-42-20-29(39)33-10-11-41-13-15-43-19-28(38)32-9-5-4-6-23(26(36)8-7-22(2)35)16-27(37)25(30)17-24-18-31-21-34-24;1-2-17-20(22)18-15-13-11-9-7-5-3-4-6-8-10-12-14-16-19-21(23)24/h18,21,23,25H,3-17,19-20,30H2,1-2H3,(H,31,34)(H,32,38)(H,33,39);2-19H2,1H3,(H,23,24)/t23-,25+;/m1./s1. The van der Waals surface area contributed by atoms with Crippen LogP contribution in [0.3, 0.4) is 0 Å². The molecule has 17 heteroatoms. The number of Topliss-reactive ketones (excluding diaryl/α,β-unsaturated/α-hetero) is 4. The second-order valence-corrected chi connectivity index (χ2v) is 17.2. The largest absolute Gasteiger partial charge is 0.481 e. The number of hydrogen-bond acceptors (Lipinski definition) is 13. The molecule has 0 radical (unpaired) electrons. The van der Waals surface area contributed by atoms with E-state index in [1.54, 1.807) is 6.20 Å². The van der Waals surface area contributed by atoms with Crippen molar-refractivity contribution in [2.24, 2.45) is 11.7 Å². The Morgan fingerprint density at radius 1 is 0.627 bits per heavy atom. The van der Waals surface area contributed by atoms with Crippen LogP contribution in [0, 0.1) is 5.92 Å². The molecule has 67 heavy (non-hydrogen) atoms. The Balaban J connectivity index is 0.00000154. The molecule has 1 heterocycles. The number of aromatic amines is 1. The number of carboxylic acids is 1. The maximum absolute atomic E-state index is 12.7. The van der Waals surface area contributed by atoms with Gasteiger partial charge in [0.1, 0.15) is 30.6 Å². The van der Waals surface area contributed by atoms with Gasteiger partial charge in [-0.15, -0.1) is 0 Å². The Bertz CT molecular complexity index is 1430. The number of carbonyl (C=O) groups excluding carboxylic acids is 6. The average molecular weight is 952 g/mol. The first-order chi connectivity index (χ1) is 32.4. The molecule has 2 atom stereocenters. The highest BCUT2D eigenvalue weighted by Crippen LogP contribution is 2.19. The number of rotatable bonds is 47. The van der Waals surface area contributed by atoms with Gasteiger partial charge in [0.25, 0.3) is 0 Å². The number of ether oxygens (including phenoxy) is 4. The third-order valence-electron chi connectivity index (χ3n) is 10.9. The highest BCUT2D eigenvalue weighted by molar-refractivity contribution is 5.92. The van der Waals surface area contributed by atoms with Gasteiger partial charge in [0.05, 0.1) is 45.4 Å². The number of aromatic nitrogens is 2. The number of carbonyl (C=O) groups is 7. The summed E-state index contributed by atoms with van der Waals surface area (Å²) >= 11 is 0. The summed E-state index contributed by atoms with van der Waals surface area (Å²) in [5.41, 5.74) is 6.79. The van der Waals surface area contributed by atoms with Crippen molar-refractivity contribution < 1.29 is 57.6 Å². The lowest BCUT2D eigenvalue weighted by Crippen LogP contribution is -2.35. The summed E-state index contributed by atoms with van der Waals surface area (Å²) in [5.74, 6) is -1.67. The van der Waals surface area contributed by atoms with Crippen LogP contribution in [0.5, 0.6) is 0 Å². The number of imidazole rings is 1. The second kappa shape index (κ2) is 45.9. The number of carboxylic acid groups (broad SMARTS) is 1. The zero-order valence-electron chi connectivity index (χ0n) is 41.5. The normalized spacial score (nSPS) is 11.9. The van der Waals surface area contributed by atoms with E-state index >= 15 is 0 Å². The van der Waals surface area contributed by atoms with Crippen molar-refractivity contribution in [1.82, 2.24) is 20.6 Å². The van der Waals surface area contributed by atoms with E-state index in [1.807, 2.05) is 6.92 Å². The molecule has 0 spiro atoms. The summed E-state index contributed by atoms with van der Waals surface area (Å²) in [6.45, 7) is 8.19. The van der Waals surface area contributed by atoms with Gasteiger partial charge >= 0.3 is 5.97 Å². The van der Waals surface area contributed by atoms with Gasteiger partial charge in [-0.2, -0.15) is 0 Å². The fourth-order valence-electron chi connectivity index (χ4n) is 7.07. The minimum Gasteiger partial charge on any atom is -0.481 e. The van der Waals surface area contributed by atoms with E-state index in [0.717, 1.165) is 44.2 Å². The van der Waals surface area contributed by atoms with Crippen molar-refractivity contribution in [2.75, 3.05) is 65.9 Å². The van der Waals surface area contributed by atoms with Crippen molar-refractivity contribution in [3.63, 3.8) is 0 Å². The van der Waals surface area contributed by atoms with Gasteiger partial charge in [0.15, 0.2) is 5.78 Å². The summed E-state index contributed by atoms with van der Waals surface area (Å²) in [6, 6.07) is -0.754. The van der Waals surface area contributed by atoms with Crippen molar-refractivity contribution in [3.05, 3.63) is 18.2 Å². The van der Waals surface area contributed by atoms with Crippen LogP contribution in [0.1, 0.15) is 181 Å². The summed E-state index contributed by atoms with van der Waals surface area (Å²) in [5, 5.41) is 14.0. The van der Waals surface area contributed by atoms with Crippen LogP contribution >= 0.6 is 0 Å². The van der Waals surface area contributed by atoms with E-state index in [4.69, 9.17) is 29.8 Å². The van der Waals surface area contributed by atoms with E-state index in [-0.39, 0.29) is 74.9 Å². The van der Waals surface area contributed by atoms with Crippen LogP contribution in [0.15, 0.2) is 12.5 Å². The first-order valence-electron chi connectivity index (χ1n) is 25.2. The van der Waals surface area contributed by atoms with E-state index < -0.39 is 17.9 Å². The molecule has 0 aliphatic carbocycles. The minimum atomic E-state index is -0.754. The number of hydrogen-bond donors (Lipinski definition) is 5. The van der Waals surface area contributed by atoms with Crippen LogP contribution in [0.4, 0.5) is 0 Å². The molecule has 0 aliphatic heterocycles. The highest BCUT2D eigenvalue weighted by Gasteiger charge is 2.25. The molecule has 0 fully saturated rings. The fraction of sp³-hybridized carbons (Fsp3) is 0.800. The van der Waals surface area contributed by atoms with Gasteiger partial charge in [0, 0.05) is 82.5 Å². The molecule has 0 saturated carbocycles. The molecule has 0 aromatic carbocycles. The van der Waals surface area contributed by atoms with Crippen molar-refractivity contribution in [1.29, 1.82) is 0 Å². The molecule has 0 unspecified atom stereocenters. The van der Waals surface area contributed by atoms with Crippen molar-refractivity contribution >= 4 is 40.9 Å². The lowest BCUT2D eigenvalue weighted by molar-refractivity contribution is -0.137. The highest BCUT2D eigenvalue weighted by atomic mass is 16.5. The van der Waals surface area contributed by atoms with Crippen LogP contribution < -0.4 is 16.4 Å². The molecule has 1 aromatic heterocycles. The van der Waals surface area contributed by atoms with Gasteiger partial charge in [-0.25, -0.2) is 4.98 Å². The van der Waals surface area contributed by atoms with Crippen molar-refractivity contribution in [3.8, 4) is 0 Å². The molecule has 386 valence electrons. The molecule has 17 nitrogen and oxygen atoms in total. The Hall–Kier alpha value is -3.90. The van der Waals surface area contributed by atoms with Gasteiger partial charge in [0.2, 0.25) is 11.8 Å². The van der Waals surface area contributed by atoms with E-state index in [1.165, 1.54) is 83.9 Å². The predicted molar refractivity (Wildman–Crippen MR) is 259 cm³/mol. The maximum atomic E-state index is 12.7. The Morgan fingerprint density at radius 3 is 1.69 bits per heavy atom. The number of amides is 2. The summed E-state index contributed by atoms with van der Waals surface area (Å²) in [7, 11) is 0. The van der Waals surface area contributed by atoms with Crippen LogP contribution in [0.25, 0.3) is 0 Å². The van der Waals surface area contributed by atoms with Gasteiger partial charge in [-0.1, -0.05) is 90.4 Å². The smallest absolute Gasteiger partial charge is 0.303 e. The number of ketones is 4. The molecule has 0 saturated heterocycles. The SMILES string of the molecule is CCCC(=O)CCCCCCCCCCCCCCCCC(=O)O.CCOCCOCC(=O)NCCOCCOCC(=O)NCCCC[C@H](CC(=O)[C@@H](N)Cc1cnc[nH]1)C(=O)CCC(C)=O. The second-order valence-electron chi connectivity index (χ2n) is 17.2. The van der Waals surface area contributed by atoms with E-state index in [2.05, 4.69) is 27.5 Å². The van der Waals surface area contributed by atoms with E-state index in [9.17, 15) is 33.6 Å². The first kappa shape index (κ1) is 63.1. The topological polar surface area (TPSA) is 255 Å². The number of nitrogens with zero attached hydrogens (tertiary/aromatic N) is 1. The number of nitrogens with one attached hydrogen (secondary N) is 3. The predicted octanol–water partition coefficient (Wildman–Crippen LogP) is 6.96. The van der Waals surface area contributed by atoms with Gasteiger partial charge in [-0.05, 0) is 46.0 Å². The molecule has 0 aliphatic rings. The van der Waals surface area contributed by atoms with Crippen molar-refractivity contribution in [2.45, 2.75) is 187 Å². The average Bonchev–Trinajstić information content (AvgIpc) is 3.81. The maximum Gasteiger partial charge on any atom is 0.303 e. The third kappa shape index (κ3) is 43.1.